The highest BCUT2D eigenvalue weighted by Crippen LogP contribution is 2.71. The summed E-state index contributed by atoms with van der Waals surface area (Å²) >= 11 is 0. The van der Waals surface area contributed by atoms with Crippen molar-refractivity contribution in [3.05, 3.63) is 48.7 Å². The maximum absolute atomic E-state index is 12.8. The highest BCUT2D eigenvalue weighted by atomic mass is 16.6. The largest absolute Gasteiger partial charge is 0.497 e. The molecule has 3 aliphatic rings. The van der Waals surface area contributed by atoms with E-state index in [1.165, 1.54) is 12.8 Å². The van der Waals surface area contributed by atoms with Crippen molar-refractivity contribution in [2.24, 2.45) is 11.8 Å². The SMILES string of the molecule is C=CC(=O)OCCNC(=O)OC(c1ccnc2ccc(OC)cc12)C1CC23C(CC)C2CCN13. The number of carbonyl (C=O) groups is 2. The van der Waals surface area contributed by atoms with E-state index >= 15 is 0 Å². The number of piperidine rings is 1. The number of esters is 1. The molecule has 8 nitrogen and oxygen atoms in total. The standard InChI is InChI=1S/C26H31N3O5/c1-4-19-20-9-12-29-22(15-26(19,20)29)24(34-25(31)28-11-13-33-23(30)5-2)17-8-10-27-21-7-6-16(32-3)14-18(17)21/h5-8,10,14,19-20,22,24H,2,4,9,11-13,15H2,1,3H3,(H,28,31). The number of alkyl carbamates (subject to hydrolysis) is 1. The number of ether oxygens (including phenoxy) is 3. The first-order chi connectivity index (χ1) is 16.5. The van der Waals surface area contributed by atoms with Crippen molar-refractivity contribution in [3.8, 4) is 5.75 Å². The minimum absolute atomic E-state index is 0.0541. The number of hydrogen-bond acceptors (Lipinski definition) is 7. The maximum Gasteiger partial charge on any atom is 0.407 e. The maximum atomic E-state index is 12.8. The van der Waals surface area contributed by atoms with Crippen molar-refractivity contribution in [1.29, 1.82) is 0 Å². The van der Waals surface area contributed by atoms with Crippen LogP contribution in [-0.4, -0.2) is 60.3 Å². The van der Waals surface area contributed by atoms with Crippen molar-refractivity contribution >= 4 is 23.0 Å². The van der Waals surface area contributed by atoms with Gasteiger partial charge in [-0.05, 0) is 55.5 Å². The second kappa shape index (κ2) is 8.91. The van der Waals surface area contributed by atoms with Crippen LogP contribution >= 0.6 is 0 Å². The van der Waals surface area contributed by atoms with Gasteiger partial charge in [-0.1, -0.05) is 19.9 Å². The summed E-state index contributed by atoms with van der Waals surface area (Å²) in [7, 11) is 1.63. The average Bonchev–Trinajstić information content (AvgIpc) is 3.42. The Morgan fingerprint density at radius 1 is 1.38 bits per heavy atom. The third-order valence-electron chi connectivity index (χ3n) is 7.91. The summed E-state index contributed by atoms with van der Waals surface area (Å²) in [4.78, 5) is 31.1. The minimum atomic E-state index is -0.535. The van der Waals surface area contributed by atoms with E-state index in [0.717, 1.165) is 53.1 Å². The molecule has 0 bridgehead atoms. The number of amides is 1. The van der Waals surface area contributed by atoms with Gasteiger partial charge < -0.3 is 19.5 Å². The van der Waals surface area contributed by atoms with Crippen LogP contribution in [0.1, 0.15) is 37.9 Å². The molecule has 5 rings (SSSR count). The fraction of sp³-hybridized carbons (Fsp3) is 0.500. The number of nitrogens with one attached hydrogen (secondary N) is 1. The molecule has 2 aliphatic heterocycles. The number of carbonyl (C=O) groups excluding carboxylic acids is 2. The molecule has 1 aromatic heterocycles. The summed E-state index contributed by atoms with van der Waals surface area (Å²) < 4.78 is 16.5. The van der Waals surface area contributed by atoms with Crippen molar-refractivity contribution in [2.45, 2.75) is 43.9 Å². The fourth-order valence-electron chi connectivity index (χ4n) is 6.48. The van der Waals surface area contributed by atoms with Gasteiger partial charge in [-0.2, -0.15) is 0 Å². The summed E-state index contributed by atoms with van der Waals surface area (Å²) in [5.74, 6) is 1.73. The molecule has 1 spiro atoms. The Kier molecular flexibility index (Phi) is 5.93. The Hall–Kier alpha value is -3.13. The smallest absolute Gasteiger partial charge is 0.407 e. The molecule has 8 heteroatoms. The summed E-state index contributed by atoms with van der Waals surface area (Å²) in [6.45, 7) is 6.89. The molecule has 2 saturated heterocycles. The lowest BCUT2D eigenvalue weighted by Crippen LogP contribution is -2.60. The molecule has 5 atom stereocenters. The van der Waals surface area contributed by atoms with Crippen molar-refractivity contribution in [3.63, 3.8) is 0 Å². The van der Waals surface area contributed by atoms with E-state index in [9.17, 15) is 9.59 Å². The molecule has 5 unspecified atom stereocenters. The molecule has 1 saturated carbocycles. The number of methoxy groups -OCH3 is 1. The average molecular weight is 466 g/mol. The summed E-state index contributed by atoms with van der Waals surface area (Å²) in [6.07, 6.45) is 5.31. The minimum Gasteiger partial charge on any atom is -0.497 e. The van der Waals surface area contributed by atoms with Crippen LogP contribution in [0.5, 0.6) is 5.75 Å². The second-order valence-corrected chi connectivity index (χ2v) is 9.27. The topological polar surface area (TPSA) is 90.0 Å². The van der Waals surface area contributed by atoms with E-state index < -0.39 is 18.2 Å². The normalized spacial score (nSPS) is 27.6. The van der Waals surface area contributed by atoms with Crippen molar-refractivity contribution < 1.29 is 23.8 Å². The van der Waals surface area contributed by atoms with Gasteiger partial charge in [-0.25, -0.2) is 9.59 Å². The predicted molar refractivity (Wildman–Crippen MR) is 126 cm³/mol. The third kappa shape index (κ3) is 3.60. The summed E-state index contributed by atoms with van der Waals surface area (Å²) in [5, 5.41) is 3.62. The Morgan fingerprint density at radius 3 is 2.97 bits per heavy atom. The molecule has 3 heterocycles. The van der Waals surface area contributed by atoms with Crippen molar-refractivity contribution in [2.75, 3.05) is 26.8 Å². The molecule has 1 N–H and O–H groups in total. The lowest BCUT2D eigenvalue weighted by Gasteiger charge is -2.51. The first-order valence-corrected chi connectivity index (χ1v) is 12.0. The van der Waals surface area contributed by atoms with Crippen molar-refractivity contribution in [1.82, 2.24) is 15.2 Å². The number of hydrogen-bond donors (Lipinski definition) is 1. The number of aromatic nitrogens is 1. The Labute approximate surface area is 199 Å². The van der Waals surface area contributed by atoms with Crippen LogP contribution in [0.4, 0.5) is 4.79 Å². The first kappa shape index (κ1) is 22.7. The molecule has 0 radical (unpaired) electrons. The highest BCUT2D eigenvalue weighted by Gasteiger charge is 2.77. The summed E-state index contributed by atoms with van der Waals surface area (Å²) in [6, 6.07) is 7.81. The van der Waals surface area contributed by atoms with Crippen LogP contribution in [0.3, 0.4) is 0 Å². The van der Waals surface area contributed by atoms with Crippen LogP contribution in [0.15, 0.2) is 43.1 Å². The quantitative estimate of drug-likeness (QED) is 0.344. The monoisotopic (exact) mass is 465 g/mol. The number of benzene rings is 1. The van der Waals surface area contributed by atoms with Crippen LogP contribution in [0.2, 0.25) is 0 Å². The predicted octanol–water partition coefficient (Wildman–Crippen LogP) is 3.61. The van der Waals surface area contributed by atoms with Crippen LogP contribution in [0.25, 0.3) is 10.9 Å². The molecule has 180 valence electrons. The number of fused-ring (bicyclic) bond motifs is 1. The van der Waals surface area contributed by atoms with Gasteiger partial charge in [-0.3, -0.25) is 9.88 Å². The zero-order valence-corrected chi connectivity index (χ0v) is 19.7. The molecular weight excluding hydrogens is 434 g/mol. The van der Waals surface area contributed by atoms with Gasteiger partial charge in [0.05, 0.1) is 25.2 Å². The van der Waals surface area contributed by atoms with Gasteiger partial charge in [0.1, 0.15) is 18.5 Å². The lowest BCUT2D eigenvalue weighted by molar-refractivity contribution is -0.137. The summed E-state index contributed by atoms with van der Waals surface area (Å²) in [5.41, 5.74) is 2.06. The first-order valence-electron chi connectivity index (χ1n) is 12.0. The highest BCUT2D eigenvalue weighted by molar-refractivity contribution is 5.84. The zero-order valence-electron chi connectivity index (χ0n) is 19.7. The number of pyridine rings is 1. The van der Waals surface area contributed by atoms with E-state index in [0.29, 0.717) is 5.54 Å². The van der Waals surface area contributed by atoms with Crippen LogP contribution in [-0.2, 0) is 14.3 Å². The third-order valence-corrected chi connectivity index (χ3v) is 7.91. The van der Waals surface area contributed by atoms with Gasteiger partial charge in [-0.15, -0.1) is 0 Å². The lowest BCUT2D eigenvalue weighted by atomic mass is 9.82. The fourth-order valence-corrected chi connectivity index (χ4v) is 6.48. The molecule has 2 aromatic rings. The Bertz CT molecular complexity index is 1110. The molecule has 34 heavy (non-hydrogen) atoms. The molecular formula is C26H31N3O5. The molecule has 1 aromatic carbocycles. The molecule has 3 fully saturated rings. The Balaban J connectivity index is 1.39. The van der Waals surface area contributed by atoms with E-state index in [2.05, 4.69) is 28.7 Å². The number of rotatable bonds is 9. The van der Waals surface area contributed by atoms with Crippen LogP contribution < -0.4 is 10.1 Å². The molecule has 1 amide bonds. The van der Waals surface area contributed by atoms with E-state index in [-0.39, 0.29) is 19.2 Å². The Morgan fingerprint density at radius 2 is 2.24 bits per heavy atom. The zero-order chi connectivity index (χ0) is 23.9. The van der Waals surface area contributed by atoms with E-state index in [4.69, 9.17) is 14.2 Å². The van der Waals surface area contributed by atoms with Gasteiger partial charge in [0, 0.05) is 28.8 Å². The van der Waals surface area contributed by atoms with Gasteiger partial charge in [0.25, 0.3) is 0 Å². The van der Waals surface area contributed by atoms with Gasteiger partial charge >= 0.3 is 12.1 Å². The molecule has 1 aliphatic carbocycles. The van der Waals surface area contributed by atoms with Gasteiger partial charge in [0.2, 0.25) is 0 Å². The van der Waals surface area contributed by atoms with E-state index in [1.54, 1.807) is 13.3 Å². The number of nitrogens with zero attached hydrogens (tertiary/aromatic N) is 2. The van der Waals surface area contributed by atoms with Crippen LogP contribution in [0, 0.1) is 11.8 Å². The van der Waals surface area contributed by atoms with Gasteiger partial charge in [0.15, 0.2) is 0 Å². The van der Waals surface area contributed by atoms with E-state index in [1.807, 2.05) is 24.3 Å². The second-order valence-electron chi connectivity index (χ2n) is 9.27.